The SMILES string of the molecule is Cc1cc(C)c2c(c1C)OC(C)(COc1ccc(C=C3SC(=O)C(C)C3=O)cc1)CC2. The van der Waals surface area contributed by atoms with Gasteiger partial charge in [-0.05, 0) is 105 Å². The number of rotatable bonds is 4. The van der Waals surface area contributed by atoms with E-state index in [0.717, 1.165) is 41.7 Å². The smallest absolute Gasteiger partial charge is 0.204 e. The van der Waals surface area contributed by atoms with Crippen LogP contribution in [0.4, 0.5) is 0 Å². The van der Waals surface area contributed by atoms with Gasteiger partial charge >= 0.3 is 0 Å². The molecule has 1 fully saturated rings. The van der Waals surface area contributed by atoms with Gasteiger partial charge in [0.2, 0.25) is 5.12 Å². The number of carbonyl (C=O) groups excluding carboxylic acids is 2. The molecule has 4 rings (SSSR count). The summed E-state index contributed by atoms with van der Waals surface area (Å²) in [5, 5.41) is -0.0841. The normalized spacial score (nSPS) is 24.3. The zero-order valence-corrected chi connectivity index (χ0v) is 19.5. The number of carbonyl (C=O) groups is 2. The van der Waals surface area contributed by atoms with Crippen LogP contribution in [-0.4, -0.2) is 23.1 Å². The number of fused-ring (bicyclic) bond motifs is 1. The van der Waals surface area contributed by atoms with Gasteiger partial charge in [0.1, 0.15) is 23.7 Å². The number of benzene rings is 2. The summed E-state index contributed by atoms with van der Waals surface area (Å²) < 4.78 is 12.5. The molecule has 0 amide bonds. The largest absolute Gasteiger partial charge is 0.489 e. The molecule has 4 nitrogen and oxygen atoms in total. The van der Waals surface area contributed by atoms with Crippen LogP contribution in [0, 0.1) is 26.7 Å². The van der Waals surface area contributed by atoms with Crippen molar-refractivity contribution in [2.45, 2.75) is 53.1 Å². The molecule has 2 aliphatic rings. The maximum Gasteiger partial charge on any atom is 0.204 e. The first kappa shape index (κ1) is 21.7. The van der Waals surface area contributed by atoms with E-state index in [2.05, 4.69) is 33.8 Å². The van der Waals surface area contributed by atoms with E-state index in [1.54, 1.807) is 13.0 Å². The predicted molar refractivity (Wildman–Crippen MR) is 125 cm³/mol. The van der Waals surface area contributed by atoms with Gasteiger partial charge in [-0.1, -0.05) is 18.2 Å². The maximum absolute atomic E-state index is 12.1. The summed E-state index contributed by atoms with van der Waals surface area (Å²) >= 11 is 1.03. The van der Waals surface area contributed by atoms with Gasteiger partial charge in [-0.25, -0.2) is 0 Å². The van der Waals surface area contributed by atoms with Crippen molar-refractivity contribution in [1.82, 2.24) is 0 Å². The fourth-order valence-corrected chi connectivity index (χ4v) is 5.03. The summed E-state index contributed by atoms with van der Waals surface area (Å²) in [6, 6.07) is 9.82. The summed E-state index contributed by atoms with van der Waals surface area (Å²) in [7, 11) is 0. The van der Waals surface area contributed by atoms with E-state index < -0.39 is 5.92 Å². The molecule has 31 heavy (non-hydrogen) atoms. The summed E-state index contributed by atoms with van der Waals surface area (Å²) in [5.74, 6) is 1.12. The monoisotopic (exact) mass is 436 g/mol. The number of ketones is 1. The van der Waals surface area contributed by atoms with Crippen LogP contribution in [-0.2, 0) is 16.0 Å². The molecule has 0 aromatic heterocycles. The minimum atomic E-state index is -0.545. The number of thioether (sulfide) groups is 1. The molecule has 0 saturated carbocycles. The molecule has 0 bridgehead atoms. The average Bonchev–Trinajstić information content (AvgIpc) is 2.98. The molecule has 0 N–H and O–H groups in total. The highest BCUT2D eigenvalue weighted by atomic mass is 32.2. The van der Waals surface area contributed by atoms with Crippen LogP contribution in [0.3, 0.4) is 0 Å². The van der Waals surface area contributed by atoms with Gasteiger partial charge in [0, 0.05) is 0 Å². The molecule has 0 aliphatic carbocycles. The first-order valence-corrected chi connectivity index (χ1v) is 11.5. The zero-order chi connectivity index (χ0) is 22.3. The van der Waals surface area contributed by atoms with Crippen molar-refractivity contribution in [1.29, 1.82) is 0 Å². The standard InChI is InChI=1S/C26H28O4S/c1-15-12-16(2)21-10-11-26(5,30-24(21)17(15)3)14-29-20-8-6-19(7-9-20)13-22-23(27)18(4)25(28)31-22/h6-9,12-13,18H,10-11,14H2,1-5H3. The molecular formula is C26H28O4S. The average molecular weight is 437 g/mol. The summed E-state index contributed by atoms with van der Waals surface area (Å²) in [6.07, 6.45) is 3.66. The third-order valence-electron chi connectivity index (χ3n) is 6.29. The Balaban J connectivity index is 1.43. The van der Waals surface area contributed by atoms with Crippen molar-refractivity contribution in [2.75, 3.05) is 6.61 Å². The van der Waals surface area contributed by atoms with Crippen LogP contribution in [0.2, 0.25) is 0 Å². The Bertz CT molecular complexity index is 1080. The number of allylic oxidation sites excluding steroid dienone is 1. The molecule has 0 radical (unpaired) electrons. The second-order valence-electron chi connectivity index (χ2n) is 8.87. The van der Waals surface area contributed by atoms with Gasteiger partial charge in [-0.15, -0.1) is 0 Å². The predicted octanol–water partition coefficient (Wildman–Crippen LogP) is 5.59. The quantitative estimate of drug-likeness (QED) is 0.462. The highest BCUT2D eigenvalue weighted by Crippen LogP contribution is 2.39. The topological polar surface area (TPSA) is 52.6 Å². The highest BCUT2D eigenvalue weighted by molar-refractivity contribution is 8.18. The van der Waals surface area contributed by atoms with Crippen molar-refractivity contribution >= 4 is 28.7 Å². The lowest BCUT2D eigenvalue weighted by atomic mass is 9.88. The molecule has 1 saturated heterocycles. The first-order chi connectivity index (χ1) is 14.7. The van der Waals surface area contributed by atoms with Crippen LogP contribution in [0.25, 0.3) is 6.08 Å². The van der Waals surface area contributed by atoms with Crippen LogP contribution >= 0.6 is 11.8 Å². The molecule has 2 heterocycles. The lowest BCUT2D eigenvalue weighted by Gasteiger charge is -2.37. The molecule has 5 heteroatoms. The van der Waals surface area contributed by atoms with Crippen LogP contribution in [0.1, 0.15) is 48.1 Å². The second kappa shape index (κ2) is 8.19. The fourth-order valence-electron chi connectivity index (χ4n) is 4.06. The van der Waals surface area contributed by atoms with Crippen molar-refractivity contribution in [2.24, 2.45) is 5.92 Å². The Labute approximate surface area is 188 Å². The Morgan fingerprint density at radius 2 is 1.87 bits per heavy atom. The van der Waals surface area contributed by atoms with Crippen molar-refractivity contribution in [3.05, 3.63) is 63.1 Å². The van der Waals surface area contributed by atoms with Gasteiger partial charge in [-0.3, -0.25) is 9.59 Å². The van der Waals surface area contributed by atoms with Crippen molar-refractivity contribution in [3.63, 3.8) is 0 Å². The number of aryl methyl sites for hydroxylation is 2. The Hall–Kier alpha value is -2.53. The van der Waals surface area contributed by atoms with Gasteiger partial charge in [0.25, 0.3) is 0 Å². The molecule has 162 valence electrons. The van der Waals surface area contributed by atoms with E-state index in [4.69, 9.17) is 9.47 Å². The molecular weight excluding hydrogens is 408 g/mol. The lowest BCUT2D eigenvalue weighted by molar-refractivity contribution is -0.123. The van der Waals surface area contributed by atoms with E-state index in [-0.39, 0.29) is 16.5 Å². The van der Waals surface area contributed by atoms with Gasteiger partial charge in [-0.2, -0.15) is 0 Å². The van der Waals surface area contributed by atoms with E-state index in [1.165, 1.54) is 22.3 Å². The van der Waals surface area contributed by atoms with Crippen molar-refractivity contribution in [3.8, 4) is 11.5 Å². The van der Waals surface area contributed by atoms with E-state index in [1.807, 2.05) is 24.3 Å². The molecule has 0 spiro atoms. The van der Waals surface area contributed by atoms with E-state index in [0.29, 0.717) is 11.5 Å². The Morgan fingerprint density at radius 1 is 1.16 bits per heavy atom. The summed E-state index contributed by atoms with van der Waals surface area (Å²) in [4.78, 5) is 24.3. The van der Waals surface area contributed by atoms with E-state index in [9.17, 15) is 9.59 Å². The van der Waals surface area contributed by atoms with Gasteiger partial charge in [0.15, 0.2) is 5.78 Å². The maximum atomic E-state index is 12.1. The number of hydrogen-bond donors (Lipinski definition) is 0. The molecule has 2 unspecified atom stereocenters. The van der Waals surface area contributed by atoms with Crippen LogP contribution in [0.15, 0.2) is 35.2 Å². The second-order valence-corrected chi connectivity index (χ2v) is 9.91. The van der Waals surface area contributed by atoms with Crippen LogP contribution in [0.5, 0.6) is 11.5 Å². The lowest BCUT2D eigenvalue weighted by Crippen LogP contribution is -2.42. The summed E-state index contributed by atoms with van der Waals surface area (Å²) in [5.41, 5.74) is 5.55. The third-order valence-corrected chi connectivity index (χ3v) is 7.38. The van der Waals surface area contributed by atoms with Crippen molar-refractivity contribution < 1.29 is 19.1 Å². The minimum absolute atomic E-state index is 0.0841. The van der Waals surface area contributed by atoms with Gasteiger partial charge < -0.3 is 9.47 Å². The third kappa shape index (κ3) is 4.29. The number of hydrogen-bond acceptors (Lipinski definition) is 5. The minimum Gasteiger partial charge on any atom is -0.489 e. The molecule has 2 aromatic carbocycles. The first-order valence-electron chi connectivity index (χ1n) is 10.7. The zero-order valence-electron chi connectivity index (χ0n) is 18.7. The fraction of sp³-hybridized carbons (Fsp3) is 0.385. The molecule has 2 atom stereocenters. The highest BCUT2D eigenvalue weighted by Gasteiger charge is 2.35. The Kier molecular flexibility index (Phi) is 5.73. The van der Waals surface area contributed by atoms with Crippen LogP contribution < -0.4 is 9.47 Å². The molecule has 2 aromatic rings. The number of ether oxygens (including phenoxy) is 2. The van der Waals surface area contributed by atoms with Gasteiger partial charge in [0.05, 0.1) is 10.8 Å². The summed E-state index contributed by atoms with van der Waals surface area (Å²) in [6.45, 7) is 10.6. The Morgan fingerprint density at radius 3 is 2.52 bits per heavy atom. The molecule has 2 aliphatic heterocycles. The number of Topliss-reactive ketones (excluding diaryl/α,β-unsaturated/α-hetero) is 1. The van der Waals surface area contributed by atoms with E-state index >= 15 is 0 Å².